The van der Waals surface area contributed by atoms with E-state index in [1.807, 2.05) is 0 Å². The Kier molecular flexibility index (Phi) is 3.83. The third-order valence-corrected chi connectivity index (χ3v) is 4.17. The number of aromatic nitrogens is 2. The van der Waals surface area contributed by atoms with Gasteiger partial charge in [0.05, 0.1) is 11.9 Å². The minimum absolute atomic E-state index is 0.177. The molecule has 0 amide bonds. The smallest absolute Gasteiger partial charge is 0.336 e. The van der Waals surface area contributed by atoms with Crippen molar-refractivity contribution in [3.8, 4) is 0 Å². The molecule has 92 valence electrons. The molecule has 5 nitrogen and oxygen atoms in total. The average Bonchev–Trinajstić information content (AvgIpc) is 2.35. The van der Waals surface area contributed by atoms with Crippen molar-refractivity contribution in [3.63, 3.8) is 0 Å². The molecule has 0 bridgehead atoms. The highest BCUT2D eigenvalue weighted by atomic mass is 79.9. The van der Waals surface area contributed by atoms with E-state index in [4.69, 9.17) is 5.11 Å². The molecule has 0 aliphatic heterocycles. The summed E-state index contributed by atoms with van der Waals surface area (Å²) in [6, 6.07) is 6.55. The third-order valence-electron chi connectivity index (χ3n) is 2.09. The van der Waals surface area contributed by atoms with E-state index >= 15 is 0 Å². The first-order valence-corrected chi connectivity index (χ1v) is 6.44. The van der Waals surface area contributed by atoms with Crippen LogP contribution < -0.4 is 5.56 Å². The Morgan fingerprint density at radius 2 is 2.11 bits per heavy atom. The van der Waals surface area contributed by atoms with Gasteiger partial charge in [-0.2, -0.15) is 0 Å². The van der Waals surface area contributed by atoms with E-state index < -0.39 is 5.97 Å². The van der Waals surface area contributed by atoms with Crippen LogP contribution >= 0.6 is 27.7 Å². The molecule has 1 aromatic carbocycles. The van der Waals surface area contributed by atoms with Crippen LogP contribution in [0, 0.1) is 0 Å². The first-order valence-electron chi connectivity index (χ1n) is 4.83. The Hall–Kier alpha value is -1.60. The zero-order valence-corrected chi connectivity index (χ0v) is 11.3. The SMILES string of the molecule is O=C(O)c1ccccc1Sc1nc[nH]c(=O)c1Br. The first-order chi connectivity index (χ1) is 8.59. The van der Waals surface area contributed by atoms with Gasteiger partial charge in [0.2, 0.25) is 0 Å². The van der Waals surface area contributed by atoms with Gasteiger partial charge in [-0.3, -0.25) is 4.79 Å². The Labute approximate surface area is 114 Å². The standard InChI is InChI=1S/C11H7BrN2O3S/c12-8-9(15)13-5-14-10(8)18-7-4-2-1-3-6(7)11(16)17/h1-5H,(H,16,17)(H,13,14,15). The maximum absolute atomic E-state index is 11.4. The fraction of sp³-hybridized carbons (Fsp3) is 0. The number of benzene rings is 1. The lowest BCUT2D eigenvalue weighted by Gasteiger charge is -2.05. The summed E-state index contributed by atoms with van der Waals surface area (Å²) in [7, 11) is 0. The summed E-state index contributed by atoms with van der Waals surface area (Å²) >= 11 is 4.25. The Morgan fingerprint density at radius 1 is 1.39 bits per heavy atom. The minimum atomic E-state index is -1.01. The summed E-state index contributed by atoms with van der Waals surface area (Å²) in [5.74, 6) is -1.01. The van der Waals surface area contributed by atoms with Crippen LogP contribution in [0.2, 0.25) is 0 Å². The Morgan fingerprint density at radius 3 is 2.83 bits per heavy atom. The van der Waals surface area contributed by atoms with Crippen LogP contribution in [0.3, 0.4) is 0 Å². The number of rotatable bonds is 3. The molecular weight excluding hydrogens is 320 g/mol. The van der Waals surface area contributed by atoms with Gasteiger partial charge in [0.15, 0.2) is 0 Å². The van der Waals surface area contributed by atoms with Gasteiger partial charge in [0, 0.05) is 4.90 Å². The number of halogens is 1. The molecule has 0 unspecified atom stereocenters. The number of hydrogen-bond donors (Lipinski definition) is 2. The summed E-state index contributed by atoms with van der Waals surface area (Å²) in [4.78, 5) is 29.4. The van der Waals surface area contributed by atoms with Crippen molar-refractivity contribution in [2.24, 2.45) is 0 Å². The number of carboxylic acids is 1. The quantitative estimate of drug-likeness (QED) is 0.846. The second kappa shape index (κ2) is 5.36. The van der Waals surface area contributed by atoms with E-state index in [2.05, 4.69) is 25.9 Å². The lowest BCUT2D eigenvalue weighted by atomic mass is 10.2. The van der Waals surface area contributed by atoms with Gasteiger partial charge >= 0.3 is 5.97 Å². The number of hydrogen-bond acceptors (Lipinski definition) is 4. The second-order valence-electron chi connectivity index (χ2n) is 3.25. The monoisotopic (exact) mass is 326 g/mol. The fourth-order valence-electron chi connectivity index (χ4n) is 1.27. The van der Waals surface area contributed by atoms with E-state index in [0.717, 1.165) is 11.8 Å². The van der Waals surface area contributed by atoms with Crippen LogP contribution in [0.5, 0.6) is 0 Å². The van der Waals surface area contributed by atoms with Crippen LogP contribution in [0.1, 0.15) is 10.4 Å². The van der Waals surface area contributed by atoms with Gasteiger partial charge in [-0.15, -0.1) is 0 Å². The van der Waals surface area contributed by atoms with E-state index in [0.29, 0.717) is 9.92 Å². The van der Waals surface area contributed by atoms with Gasteiger partial charge in [-0.1, -0.05) is 23.9 Å². The molecule has 0 saturated heterocycles. The lowest BCUT2D eigenvalue weighted by molar-refractivity contribution is 0.0693. The normalized spacial score (nSPS) is 10.3. The number of aromatic carboxylic acids is 1. The molecule has 0 fully saturated rings. The summed E-state index contributed by atoms with van der Waals surface area (Å²) in [5, 5.41) is 9.48. The van der Waals surface area contributed by atoms with Gasteiger partial charge in [0.25, 0.3) is 5.56 Å². The second-order valence-corrected chi connectivity index (χ2v) is 5.08. The molecule has 0 saturated carbocycles. The summed E-state index contributed by atoms with van der Waals surface area (Å²) in [6.45, 7) is 0. The topological polar surface area (TPSA) is 83.0 Å². The van der Waals surface area contributed by atoms with Crippen molar-refractivity contribution in [3.05, 3.63) is 51.0 Å². The van der Waals surface area contributed by atoms with Gasteiger partial charge in [0.1, 0.15) is 9.50 Å². The minimum Gasteiger partial charge on any atom is -0.478 e. The molecule has 2 rings (SSSR count). The van der Waals surface area contributed by atoms with Crippen LogP contribution in [-0.4, -0.2) is 21.0 Å². The molecule has 2 aromatic rings. The van der Waals surface area contributed by atoms with Gasteiger partial charge in [-0.05, 0) is 28.1 Å². The van der Waals surface area contributed by atoms with Crippen LogP contribution in [0.15, 0.2) is 49.8 Å². The molecule has 7 heteroatoms. The third kappa shape index (κ3) is 2.62. The highest BCUT2D eigenvalue weighted by Crippen LogP contribution is 2.31. The number of carboxylic acid groups (broad SMARTS) is 1. The first kappa shape index (κ1) is 12.8. The van der Waals surface area contributed by atoms with E-state index in [-0.39, 0.29) is 15.6 Å². The molecule has 0 radical (unpaired) electrons. The molecular formula is C11H7BrN2O3S. The highest BCUT2D eigenvalue weighted by molar-refractivity contribution is 9.10. The molecule has 1 aromatic heterocycles. The van der Waals surface area contributed by atoms with E-state index in [9.17, 15) is 9.59 Å². The predicted octanol–water partition coefficient (Wildman–Crippen LogP) is 2.38. The summed E-state index contributed by atoms with van der Waals surface area (Å²) in [6.07, 6.45) is 1.28. The fourth-order valence-corrected chi connectivity index (χ4v) is 2.64. The van der Waals surface area contributed by atoms with E-state index in [1.165, 1.54) is 12.4 Å². The average molecular weight is 327 g/mol. The molecule has 0 spiro atoms. The van der Waals surface area contributed by atoms with Crippen molar-refractivity contribution in [2.45, 2.75) is 9.92 Å². The van der Waals surface area contributed by atoms with Gasteiger partial charge < -0.3 is 10.1 Å². The zero-order chi connectivity index (χ0) is 13.1. The van der Waals surface area contributed by atoms with Crippen LogP contribution in [0.25, 0.3) is 0 Å². The number of nitrogens with zero attached hydrogens (tertiary/aromatic N) is 1. The summed E-state index contributed by atoms with van der Waals surface area (Å²) < 4.78 is 0.287. The maximum atomic E-state index is 11.4. The zero-order valence-electron chi connectivity index (χ0n) is 8.88. The lowest BCUT2D eigenvalue weighted by Crippen LogP contribution is -2.08. The van der Waals surface area contributed by atoms with Crippen molar-refractivity contribution in [1.29, 1.82) is 0 Å². The molecule has 1 heterocycles. The van der Waals surface area contributed by atoms with Crippen LogP contribution in [0.4, 0.5) is 0 Å². The molecule has 18 heavy (non-hydrogen) atoms. The van der Waals surface area contributed by atoms with Gasteiger partial charge in [-0.25, -0.2) is 9.78 Å². The number of nitrogens with one attached hydrogen (secondary N) is 1. The number of aromatic amines is 1. The predicted molar refractivity (Wildman–Crippen MR) is 70.1 cm³/mol. The largest absolute Gasteiger partial charge is 0.478 e. The molecule has 2 N–H and O–H groups in total. The Balaban J connectivity index is 2.43. The van der Waals surface area contributed by atoms with E-state index in [1.54, 1.807) is 18.2 Å². The van der Waals surface area contributed by atoms with Crippen molar-refractivity contribution in [1.82, 2.24) is 9.97 Å². The Bertz CT molecular complexity index is 657. The molecule has 0 atom stereocenters. The van der Waals surface area contributed by atoms with Crippen molar-refractivity contribution >= 4 is 33.7 Å². The van der Waals surface area contributed by atoms with Crippen LogP contribution in [-0.2, 0) is 0 Å². The maximum Gasteiger partial charge on any atom is 0.336 e. The van der Waals surface area contributed by atoms with Crippen molar-refractivity contribution in [2.75, 3.05) is 0 Å². The summed E-state index contributed by atoms with van der Waals surface area (Å²) in [5.41, 5.74) is -0.128. The van der Waals surface area contributed by atoms with Crippen molar-refractivity contribution < 1.29 is 9.90 Å². The number of H-pyrrole nitrogens is 1. The number of carbonyl (C=O) groups is 1. The molecule has 0 aliphatic carbocycles. The molecule has 0 aliphatic rings. The highest BCUT2D eigenvalue weighted by Gasteiger charge is 2.13.